The van der Waals surface area contributed by atoms with E-state index in [1.54, 1.807) is 0 Å². The summed E-state index contributed by atoms with van der Waals surface area (Å²) in [4.78, 5) is 14.9. The summed E-state index contributed by atoms with van der Waals surface area (Å²) in [5.74, 6) is 0.758. The number of benzene rings is 1. The van der Waals surface area contributed by atoms with Gasteiger partial charge >= 0.3 is 0 Å². The first-order valence-electron chi connectivity index (χ1n) is 9.77. The molecule has 1 amide bonds. The summed E-state index contributed by atoms with van der Waals surface area (Å²) in [5.41, 5.74) is 2.27. The van der Waals surface area contributed by atoms with Gasteiger partial charge in [0.2, 0.25) is 0 Å². The van der Waals surface area contributed by atoms with Crippen LogP contribution in [0.4, 0.5) is 0 Å². The second kappa shape index (κ2) is 9.81. The number of nitrogens with zero attached hydrogens (tertiary/aromatic N) is 1. The lowest BCUT2D eigenvalue weighted by atomic mass is 10.00. The molecule has 0 saturated carbocycles. The van der Waals surface area contributed by atoms with E-state index in [0.717, 1.165) is 30.3 Å². The standard InChI is InChI=1S/C21H34N2O2/c1-5-19-11-6-7-14-23(19)15-9-13-22-21(24)18(4)25-20-12-8-10-16(2)17(20)3/h8,10,12,18-19H,5-7,9,11,13-15H2,1-4H3,(H,22,24). The number of carbonyl (C=O) groups is 1. The second-order valence-corrected chi connectivity index (χ2v) is 7.20. The first-order chi connectivity index (χ1) is 12.0. The Morgan fingerprint density at radius 3 is 2.92 bits per heavy atom. The zero-order valence-corrected chi connectivity index (χ0v) is 16.3. The maximum Gasteiger partial charge on any atom is 0.260 e. The van der Waals surface area contributed by atoms with Gasteiger partial charge in [0.05, 0.1) is 0 Å². The lowest BCUT2D eigenvalue weighted by Crippen LogP contribution is -2.41. The Morgan fingerprint density at radius 1 is 1.36 bits per heavy atom. The molecule has 25 heavy (non-hydrogen) atoms. The molecular formula is C21H34N2O2. The van der Waals surface area contributed by atoms with E-state index in [9.17, 15) is 4.79 Å². The molecule has 1 aliphatic rings. The fourth-order valence-corrected chi connectivity index (χ4v) is 3.55. The van der Waals surface area contributed by atoms with Crippen LogP contribution in [0.3, 0.4) is 0 Å². The van der Waals surface area contributed by atoms with Crippen LogP contribution in [0.15, 0.2) is 18.2 Å². The Balaban J connectivity index is 1.71. The minimum Gasteiger partial charge on any atom is -0.481 e. The van der Waals surface area contributed by atoms with Crippen molar-refractivity contribution >= 4 is 5.91 Å². The minimum absolute atomic E-state index is 0.0356. The van der Waals surface area contributed by atoms with E-state index in [1.807, 2.05) is 26.0 Å². The van der Waals surface area contributed by atoms with E-state index >= 15 is 0 Å². The molecule has 1 saturated heterocycles. The van der Waals surface area contributed by atoms with Crippen LogP contribution in [0.2, 0.25) is 0 Å². The zero-order valence-electron chi connectivity index (χ0n) is 16.3. The summed E-state index contributed by atoms with van der Waals surface area (Å²) < 4.78 is 5.85. The van der Waals surface area contributed by atoms with Crippen LogP contribution >= 0.6 is 0 Å². The van der Waals surface area contributed by atoms with Crippen molar-refractivity contribution in [2.75, 3.05) is 19.6 Å². The molecule has 0 bridgehead atoms. The molecule has 1 fully saturated rings. The van der Waals surface area contributed by atoms with Gasteiger partial charge in [-0.3, -0.25) is 4.79 Å². The fraction of sp³-hybridized carbons (Fsp3) is 0.667. The van der Waals surface area contributed by atoms with E-state index in [0.29, 0.717) is 6.54 Å². The summed E-state index contributed by atoms with van der Waals surface area (Å²) in [6.45, 7) is 11.2. The molecule has 1 aromatic carbocycles. The number of hydrogen-bond donors (Lipinski definition) is 1. The number of amides is 1. The number of carbonyl (C=O) groups excluding carboxylic acids is 1. The van der Waals surface area contributed by atoms with Crippen LogP contribution < -0.4 is 10.1 Å². The molecule has 0 radical (unpaired) electrons. The molecule has 2 rings (SSSR count). The molecule has 1 N–H and O–H groups in total. The fourth-order valence-electron chi connectivity index (χ4n) is 3.55. The van der Waals surface area contributed by atoms with Crippen LogP contribution in [0.5, 0.6) is 5.75 Å². The van der Waals surface area contributed by atoms with Gasteiger partial charge in [0.1, 0.15) is 5.75 Å². The minimum atomic E-state index is -0.473. The Kier molecular flexibility index (Phi) is 7.76. The Labute approximate surface area is 152 Å². The molecule has 2 atom stereocenters. The molecule has 4 heteroatoms. The number of nitrogens with one attached hydrogen (secondary N) is 1. The number of piperidine rings is 1. The lowest BCUT2D eigenvalue weighted by molar-refractivity contribution is -0.127. The molecule has 2 unspecified atom stereocenters. The lowest BCUT2D eigenvalue weighted by Gasteiger charge is -2.35. The molecule has 0 aliphatic carbocycles. The summed E-state index contributed by atoms with van der Waals surface area (Å²) in [6.07, 6.45) is 5.75. The number of rotatable bonds is 8. The van der Waals surface area contributed by atoms with Crippen molar-refractivity contribution in [2.45, 2.75) is 71.9 Å². The van der Waals surface area contributed by atoms with E-state index < -0.39 is 6.10 Å². The number of likely N-dealkylation sites (tertiary alicyclic amines) is 1. The monoisotopic (exact) mass is 346 g/mol. The molecule has 140 valence electrons. The molecular weight excluding hydrogens is 312 g/mol. The second-order valence-electron chi connectivity index (χ2n) is 7.20. The van der Waals surface area contributed by atoms with Gasteiger partial charge in [0, 0.05) is 19.1 Å². The van der Waals surface area contributed by atoms with Crippen LogP contribution in [-0.2, 0) is 4.79 Å². The third kappa shape index (κ3) is 5.74. The van der Waals surface area contributed by atoms with Crippen LogP contribution in [0, 0.1) is 13.8 Å². The van der Waals surface area contributed by atoms with Gasteiger partial charge in [-0.15, -0.1) is 0 Å². The van der Waals surface area contributed by atoms with Crippen LogP contribution in [-0.4, -0.2) is 42.6 Å². The van der Waals surface area contributed by atoms with Crippen molar-refractivity contribution < 1.29 is 9.53 Å². The summed E-state index contributed by atoms with van der Waals surface area (Å²) >= 11 is 0. The van der Waals surface area contributed by atoms with Gasteiger partial charge in [-0.2, -0.15) is 0 Å². The van der Waals surface area contributed by atoms with E-state index in [4.69, 9.17) is 4.74 Å². The number of ether oxygens (including phenoxy) is 1. The van der Waals surface area contributed by atoms with Crippen molar-refractivity contribution in [1.82, 2.24) is 10.2 Å². The third-order valence-electron chi connectivity index (χ3n) is 5.37. The highest BCUT2D eigenvalue weighted by atomic mass is 16.5. The summed E-state index contributed by atoms with van der Waals surface area (Å²) in [6, 6.07) is 6.67. The van der Waals surface area contributed by atoms with E-state index in [-0.39, 0.29) is 5.91 Å². The predicted molar refractivity (Wildman–Crippen MR) is 103 cm³/mol. The normalized spacial score (nSPS) is 19.4. The third-order valence-corrected chi connectivity index (χ3v) is 5.37. The average Bonchev–Trinajstić information content (AvgIpc) is 2.62. The molecule has 0 aromatic heterocycles. The average molecular weight is 347 g/mol. The topological polar surface area (TPSA) is 41.6 Å². The van der Waals surface area contributed by atoms with Gasteiger partial charge in [-0.05, 0) is 70.2 Å². The summed E-state index contributed by atoms with van der Waals surface area (Å²) in [7, 11) is 0. The van der Waals surface area contributed by atoms with Crippen molar-refractivity contribution in [1.29, 1.82) is 0 Å². The Bertz CT molecular complexity index is 559. The SMILES string of the molecule is CCC1CCCCN1CCCNC(=O)C(C)Oc1cccc(C)c1C. The predicted octanol–water partition coefficient (Wildman–Crippen LogP) is 3.84. The highest BCUT2D eigenvalue weighted by molar-refractivity contribution is 5.80. The van der Waals surface area contributed by atoms with Gasteiger partial charge in [0.15, 0.2) is 6.10 Å². The van der Waals surface area contributed by atoms with Crippen LogP contribution in [0.1, 0.15) is 57.1 Å². The molecule has 0 spiro atoms. The molecule has 1 heterocycles. The van der Waals surface area contributed by atoms with Gasteiger partial charge < -0.3 is 15.0 Å². The highest BCUT2D eigenvalue weighted by Gasteiger charge is 2.20. The van der Waals surface area contributed by atoms with Gasteiger partial charge in [-0.25, -0.2) is 0 Å². The Hall–Kier alpha value is -1.55. The number of hydrogen-bond acceptors (Lipinski definition) is 3. The Morgan fingerprint density at radius 2 is 2.16 bits per heavy atom. The first-order valence-corrected chi connectivity index (χ1v) is 9.77. The molecule has 1 aliphatic heterocycles. The first kappa shape index (κ1) is 19.8. The quantitative estimate of drug-likeness (QED) is 0.727. The van der Waals surface area contributed by atoms with E-state index in [2.05, 4.69) is 30.1 Å². The largest absolute Gasteiger partial charge is 0.481 e. The number of aryl methyl sites for hydroxylation is 1. The van der Waals surface area contributed by atoms with E-state index in [1.165, 1.54) is 37.8 Å². The van der Waals surface area contributed by atoms with Crippen LogP contribution in [0.25, 0.3) is 0 Å². The van der Waals surface area contributed by atoms with Gasteiger partial charge in [0.25, 0.3) is 5.91 Å². The highest BCUT2D eigenvalue weighted by Crippen LogP contribution is 2.22. The summed E-state index contributed by atoms with van der Waals surface area (Å²) in [5, 5.41) is 3.02. The maximum atomic E-state index is 12.3. The van der Waals surface area contributed by atoms with Crippen molar-refractivity contribution in [3.05, 3.63) is 29.3 Å². The smallest absolute Gasteiger partial charge is 0.260 e. The zero-order chi connectivity index (χ0) is 18.2. The van der Waals surface area contributed by atoms with Crippen molar-refractivity contribution in [2.24, 2.45) is 0 Å². The molecule has 4 nitrogen and oxygen atoms in total. The molecule has 1 aromatic rings. The van der Waals surface area contributed by atoms with Crippen molar-refractivity contribution in [3.8, 4) is 5.75 Å². The maximum absolute atomic E-state index is 12.3. The van der Waals surface area contributed by atoms with Gasteiger partial charge in [-0.1, -0.05) is 25.5 Å². The van der Waals surface area contributed by atoms with Crippen molar-refractivity contribution in [3.63, 3.8) is 0 Å².